The first-order chi connectivity index (χ1) is 8.63. The first kappa shape index (κ1) is 12.4. The van der Waals surface area contributed by atoms with E-state index in [2.05, 4.69) is 43.1 Å². The summed E-state index contributed by atoms with van der Waals surface area (Å²) < 4.78 is 0. The Morgan fingerprint density at radius 3 is 2.50 bits per heavy atom. The molecule has 2 aromatic rings. The lowest BCUT2D eigenvalue weighted by Crippen LogP contribution is -2.24. The molecule has 1 N–H and O–H groups in total. The van der Waals surface area contributed by atoms with Crippen molar-refractivity contribution >= 4 is 16.7 Å². The van der Waals surface area contributed by atoms with Crippen molar-refractivity contribution in [1.82, 2.24) is 5.32 Å². The summed E-state index contributed by atoms with van der Waals surface area (Å²) in [7, 11) is 0. The Morgan fingerprint density at radius 2 is 1.89 bits per heavy atom. The van der Waals surface area contributed by atoms with Crippen LogP contribution in [0.25, 0.3) is 10.8 Å². The summed E-state index contributed by atoms with van der Waals surface area (Å²) in [5.74, 6) is -0.0513. The van der Waals surface area contributed by atoms with E-state index in [9.17, 15) is 4.79 Å². The van der Waals surface area contributed by atoms with Gasteiger partial charge in [-0.1, -0.05) is 42.5 Å². The number of rotatable bonds is 3. The number of aryl methyl sites for hydroxylation is 1. The van der Waals surface area contributed by atoms with Gasteiger partial charge in [0.1, 0.15) is 0 Å². The fourth-order valence-corrected chi connectivity index (χ4v) is 2.23. The van der Waals surface area contributed by atoms with Crippen LogP contribution in [0.4, 0.5) is 0 Å². The monoisotopic (exact) mass is 239 g/mol. The molecule has 2 rings (SSSR count). The van der Waals surface area contributed by atoms with Gasteiger partial charge in [0.25, 0.3) is 0 Å². The second-order valence-corrected chi connectivity index (χ2v) is 4.43. The van der Waals surface area contributed by atoms with Crippen LogP contribution < -0.4 is 5.32 Å². The zero-order valence-corrected chi connectivity index (χ0v) is 10.7. The Labute approximate surface area is 107 Å². The number of amides is 1. The quantitative estimate of drug-likeness (QED) is 0.816. The van der Waals surface area contributed by atoms with E-state index in [0.717, 1.165) is 10.9 Å². The van der Waals surface area contributed by atoms with Gasteiger partial charge >= 0.3 is 0 Å². The minimum Gasteiger partial charge on any atom is -0.346 e. The maximum absolute atomic E-state index is 11.2. The summed E-state index contributed by atoms with van der Waals surface area (Å²) in [4.78, 5) is 11.2. The third kappa shape index (κ3) is 2.28. The Balaban J connectivity index is 2.60. The molecular formula is C16H17NO. The van der Waals surface area contributed by atoms with E-state index in [-0.39, 0.29) is 11.9 Å². The summed E-state index contributed by atoms with van der Waals surface area (Å²) in [5.41, 5.74) is 2.32. The van der Waals surface area contributed by atoms with E-state index in [1.807, 2.05) is 12.1 Å². The van der Waals surface area contributed by atoms with E-state index >= 15 is 0 Å². The van der Waals surface area contributed by atoms with Crippen LogP contribution in [0.3, 0.4) is 0 Å². The first-order valence-electron chi connectivity index (χ1n) is 6.01. The summed E-state index contributed by atoms with van der Waals surface area (Å²) in [5, 5.41) is 5.28. The molecule has 2 aromatic carbocycles. The van der Waals surface area contributed by atoms with Crippen LogP contribution in [-0.4, -0.2) is 5.91 Å². The van der Waals surface area contributed by atoms with Crippen molar-refractivity contribution < 1.29 is 4.79 Å². The molecule has 0 aliphatic heterocycles. The molecule has 0 unspecified atom stereocenters. The Kier molecular flexibility index (Phi) is 3.47. The average molecular weight is 239 g/mol. The van der Waals surface area contributed by atoms with E-state index < -0.39 is 0 Å². The van der Waals surface area contributed by atoms with Crippen LogP contribution in [0.2, 0.25) is 0 Å². The molecule has 0 spiro atoms. The van der Waals surface area contributed by atoms with Gasteiger partial charge in [-0.15, -0.1) is 6.58 Å². The first-order valence-corrected chi connectivity index (χ1v) is 6.01. The van der Waals surface area contributed by atoms with Crippen LogP contribution in [0.5, 0.6) is 0 Å². The number of fused-ring (bicyclic) bond motifs is 1. The largest absolute Gasteiger partial charge is 0.346 e. The highest BCUT2D eigenvalue weighted by Crippen LogP contribution is 2.27. The molecular weight excluding hydrogens is 222 g/mol. The predicted molar refractivity (Wildman–Crippen MR) is 75.4 cm³/mol. The molecule has 92 valence electrons. The maximum atomic E-state index is 11.2. The summed E-state index contributed by atoms with van der Waals surface area (Å²) >= 11 is 0. The number of benzene rings is 2. The van der Waals surface area contributed by atoms with Crippen molar-refractivity contribution in [2.24, 2.45) is 0 Å². The highest BCUT2D eigenvalue weighted by molar-refractivity contribution is 5.89. The van der Waals surface area contributed by atoms with Crippen molar-refractivity contribution in [3.63, 3.8) is 0 Å². The molecule has 0 saturated heterocycles. The third-order valence-electron chi connectivity index (χ3n) is 3.11. The van der Waals surface area contributed by atoms with Gasteiger partial charge in [0.2, 0.25) is 5.91 Å². The molecule has 0 saturated carbocycles. The molecule has 1 amide bonds. The van der Waals surface area contributed by atoms with E-state index in [1.165, 1.54) is 17.9 Å². The Hall–Kier alpha value is -2.09. The Morgan fingerprint density at radius 1 is 1.22 bits per heavy atom. The van der Waals surface area contributed by atoms with Crippen molar-refractivity contribution in [2.45, 2.75) is 19.9 Å². The van der Waals surface area contributed by atoms with Crippen LogP contribution in [0, 0.1) is 6.92 Å². The lowest BCUT2D eigenvalue weighted by Gasteiger charge is -2.17. The van der Waals surface area contributed by atoms with Gasteiger partial charge in [-0.05, 0) is 28.8 Å². The van der Waals surface area contributed by atoms with Gasteiger partial charge in [-0.3, -0.25) is 4.79 Å². The van der Waals surface area contributed by atoms with Gasteiger partial charge in [0, 0.05) is 6.92 Å². The van der Waals surface area contributed by atoms with Crippen molar-refractivity contribution in [3.8, 4) is 0 Å². The van der Waals surface area contributed by atoms with E-state index in [4.69, 9.17) is 0 Å². The van der Waals surface area contributed by atoms with Crippen LogP contribution in [-0.2, 0) is 4.79 Å². The molecule has 0 aliphatic carbocycles. The summed E-state index contributed by atoms with van der Waals surface area (Å²) in [6.45, 7) is 7.42. The minimum atomic E-state index is -0.145. The molecule has 0 fully saturated rings. The fourth-order valence-electron chi connectivity index (χ4n) is 2.23. The third-order valence-corrected chi connectivity index (χ3v) is 3.11. The van der Waals surface area contributed by atoms with E-state index in [0.29, 0.717) is 0 Å². The molecule has 0 aliphatic rings. The van der Waals surface area contributed by atoms with Crippen molar-refractivity contribution in [1.29, 1.82) is 0 Å². The molecule has 2 nitrogen and oxygen atoms in total. The van der Waals surface area contributed by atoms with Gasteiger partial charge in [0.05, 0.1) is 6.04 Å². The number of hydrogen-bond donors (Lipinski definition) is 1. The number of carbonyl (C=O) groups excluding carboxylic acids is 1. The van der Waals surface area contributed by atoms with Gasteiger partial charge < -0.3 is 5.32 Å². The van der Waals surface area contributed by atoms with Gasteiger partial charge in [-0.2, -0.15) is 0 Å². The molecule has 0 radical (unpaired) electrons. The minimum absolute atomic E-state index is 0.0513. The fraction of sp³-hybridized carbons (Fsp3) is 0.188. The van der Waals surface area contributed by atoms with Crippen LogP contribution in [0.1, 0.15) is 24.1 Å². The second kappa shape index (κ2) is 5.05. The van der Waals surface area contributed by atoms with Gasteiger partial charge in [-0.25, -0.2) is 0 Å². The number of nitrogens with one attached hydrogen (secondary N) is 1. The van der Waals surface area contributed by atoms with E-state index in [1.54, 1.807) is 6.08 Å². The lowest BCUT2D eigenvalue weighted by molar-refractivity contribution is -0.119. The second-order valence-electron chi connectivity index (χ2n) is 4.43. The lowest BCUT2D eigenvalue weighted by atomic mass is 9.96. The maximum Gasteiger partial charge on any atom is 0.217 e. The van der Waals surface area contributed by atoms with Crippen LogP contribution in [0.15, 0.2) is 49.1 Å². The number of hydrogen-bond acceptors (Lipinski definition) is 1. The molecule has 0 bridgehead atoms. The zero-order valence-electron chi connectivity index (χ0n) is 10.7. The zero-order chi connectivity index (χ0) is 13.1. The predicted octanol–water partition coefficient (Wildman–Crippen LogP) is 3.51. The number of carbonyl (C=O) groups is 1. The average Bonchev–Trinajstić information content (AvgIpc) is 2.37. The standard InChI is InChI=1S/C16H17NO/c1-4-16(17-12(3)18)15-10-9-11(2)13-7-5-6-8-14(13)15/h4-10,16H,1H2,2-3H3,(H,17,18)/t16-/m1/s1. The van der Waals surface area contributed by atoms with Gasteiger partial charge in [0.15, 0.2) is 0 Å². The molecule has 2 heteroatoms. The molecule has 0 heterocycles. The SMILES string of the molecule is C=C[C@@H](NC(C)=O)c1ccc(C)c2ccccc12. The highest BCUT2D eigenvalue weighted by Gasteiger charge is 2.12. The van der Waals surface area contributed by atoms with Crippen molar-refractivity contribution in [2.75, 3.05) is 0 Å². The van der Waals surface area contributed by atoms with Crippen molar-refractivity contribution in [3.05, 3.63) is 60.2 Å². The highest BCUT2D eigenvalue weighted by atomic mass is 16.1. The van der Waals surface area contributed by atoms with Crippen LogP contribution >= 0.6 is 0 Å². The summed E-state index contributed by atoms with van der Waals surface area (Å²) in [6, 6.07) is 12.2. The molecule has 0 aromatic heterocycles. The molecule has 1 atom stereocenters. The Bertz CT molecular complexity index is 601. The topological polar surface area (TPSA) is 29.1 Å². The smallest absolute Gasteiger partial charge is 0.217 e. The normalized spacial score (nSPS) is 12.1. The summed E-state index contributed by atoms with van der Waals surface area (Å²) in [6.07, 6.45) is 1.76. The molecule has 18 heavy (non-hydrogen) atoms.